The van der Waals surface area contributed by atoms with Gasteiger partial charge < -0.3 is 15.2 Å². The first-order valence-electron chi connectivity index (χ1n) is 6.68. The van der Waals surface area contributed by atoms with Crippen molar-refractivity contribution in [3.05, 3.63) is 53.1 Å². The van der Waals surface area contributed by atoms with Crippen molar-refractivity contribution in [1.82, 2.24) is 0 Å². The minimum absolute atomic E-state index is 0.226. The fourth-order valence-corrected chi connectivity index (χ4v) is 2.14. The van der Waals surface area contributed by atoms with E-state index in [2.05, 4.69) is 6.07 Å². The molecule has 2 N–H and O–H groups in total. The average molecular weight is 282 g/mol. The van der Waals surface area contributed by atoms with Gasteiger partial charge >= 0.3 is 0 Å². The first kappa shape index (κ1) is 14.9. The Morgan fingerprint density at radius 2 is 1.86 bits per heavy atom. The minimum atomic E-state index is -0.226. The van der Waals surface area contributed by atoms with Crippen molar-refractivity contribution in [3.63, 3.8) is 0 Å². The molecule has 0 radical (unpaired) electrons. The quantitative estimate of drug-likeness (QED) is 0.928. The zero-order valence-corrected chi connectivity index (χ0v) is 12.4. The molecule has 21 heavy (non-hydrogen) atoms. The maximum absolute atomic E-state index is 9.00. The molecule has 0 bridgehead atoms. The molecule has 0 fully saturated rings. The second kappa shape index (κ2) is 6.29. The summed E-state index contributed by atoms with van der Waals surface area (Å²) < 4.78 is 11.3. The van der Waals surface area contributed by atoms with E-state index in [1.54, 1.807) is 19.2 Å². The lowest BCUT2D eigenvalue weighted by Gasteiger charge is -2.18. The number of methoxy groups -OCH3 is 1. The molecule has 0 unspecified atom stereocenters. The van der Waals surface area contributed by atoms with Crippen molar-refractivity contribution in [3.8, 4) is 23.3 Å². The SMILES string of the molecule is COc1cccc(Oc2cc(C#N)ccc2C)c1[C@H](C)N. The maximum Gasteiger partial charge on any atom is 0.135 e. The van der Waals surface area contributed by atoms with Crippen LogP contribution < -0.4 is 15.2 Å². The summed E-state index contributed by atoms with van der Waals surface area (Å²) in [5.74, 6) is 1.98. The van der Waals surface area contributed by atoms with E-state index < -0.39 is 0 Å². The lowest BCUT2D eigenvalue weighted by atomic mass is 10.1. The molecule has 0 aromatic heterocycles. The number of ether oxygens (including phenoxy) is 2. The Kier molecular flexibility index (Phi) is 4.46. The van der Waals surface area contributed by atoms with Gasteiger partial charge in [0, 0.05) is 6.04 Å². The predicted octanol–water partition coefficient (Wildman–Crippen LogP) is 3.69. The van der Waals surface area contributed by atoms with Gasteiger partial charge in [-0.15, -0.1) is 0 Å². The third kappa shape index (κ3) is 3.15. The minimum Gasteiger partial charge on any atom is -0.496 e. The van der Waals surface area contributed by atoms with Gasteiger partial charge in [-0.05, 0) is 43.7 Å². The smallest absolute Gasteiger partial charge is 0.135 e. The van der Waals surface area contributed by atoms with Gasteiger partial charge in [0.25, 0.3) is 0 Å². The van der Waals surface area contributed by atoms with Crippen LogP contribution in [0.4, 0.5) is 0 Å². The Morgan fingerprint density at radius 3 is 2.48 bits per heavy atom. The molecule has 0 aliphatic rings. The highest BCUT2D eigenvalue weighted by Gasteiger charge is 2.15. The Morgan fingerprint density at radius 1 is 1.14 bits per heavy atom. The molecule has 0 amide bonds. The first-order chi connectivity index (χ1) is 10.1. The second-order valence-electron chi connectivity index (χ2n) is 4.85. The van der Waals surface area contributed by atoms with Gasteiger partial charge in [0.05, 0.1) is 24.3 Å². The molecular formula is C17H18N2O2. The molecule has 0 spiro atoms. The van der Waals surface area contributed by atoms with Gasteiger partial charge in [0.15, 0.2) is 0 Å². The van der Waals surface area contributed by atoms with Crippen LogP contribution in [0.2, 0.25) is 0 Å². The van der Waals surface area contributed by atoms with Crippen molar-refractivity contribution in [2.24, 2.45) is 5.73 Å². The number of hydrogen-bond acceptors (Lipinski definition) is 4. The van der Waals surface area contributed by atoms with Gasteiger partial charge in [-0.3, -0.25) is 0 Å². The summed E-state index contributed by atoms with van der Waals surface area (Å²) in [6, 6.07) is 12.8. The van der Waals surface area contributed by atoms with E-state index in [4.69, 9.17) is 20.5 Å². The zero-order chi connectivity index (χ0) is 15.4. The molecule has 4 heteroatoms. The molecule has 0 saturated heterocycles. The number of nitrogens with two attached hydrogens (primary N) is 1. The highest BCUT2D eigenvalue weighted by Crippen LogP contribution is 2.36. The molecule has 2 rings (SSSR count). The standard InChI is InChI=1S/C17H18N2O2/c1-11-7-8-13(10-18)9-16(11)21-15-6-4-5-14(20-3)17(15)12(2)19/h4-9,12H,19H2,1-3H3/t12-/m0/s1. The summed E-state index contributed by atoms with van der Waals surface area (Å²) >= 11 is 0. The number of aryl methyl sites for hydroxylation is 1. The maximum atomic E-state index is 9.00. The highest BCUT2D eigenvalue weighted by atomic mass is 16.5. The lowest BCUT2D eigenvalue weighted by Crippen LogP contribution is -2.09. The van der Waals surface area contributed by atoms with E-state index in [9.17, 15) is 0 Å². The largest absolute Gasteiger partial charge is 0.496 e. The number of nitrogens with zero attached hydrogens (tertiary/aromatic N) is 1. The molecule has 0 aliphatic carbocycles. The molecule has 0 heterocycles. The normalized spacial score (nSPS) is 11.6. The highest BCUT2D eigenvalue weighted by molar-refractivity contribution is 5.50. The van der Waals surface area contributed by atoms with Crippen LogP contribution in [0.15, 0.2) is 36.4 Å². The lowest BCUT2D eigenvalue weighted by molar-refractivity contribution is 0.397. The third-order valence-corrected chi connectivity index (χ3v) is 3.24. The van der Waals surface area contributed by atoms with E-state index in [0.29, 0.717) is 22.8 Å². The summed E-state index contributed by atoms with van der Waals surface area (Å²) in [7, 11) is 1.60. The fraction of sp³-hybridized carbons (Fsp3) is 0.235. The van der Waals surface area contributed by atoms with Crippen LogP contribution in [-0.4, -0.2) is 7.11 Å². The van der Waals surface area contributed by atoms with Crippen molar-refractivity contribution in [1.29, 1.82) is 5.26 Å². The van der Waals surface area contributed by atoms with Crippen LogP contribution in [0.1, 0.15) is 29.7 Å². The average Bonchev–Trinajstić information content (AvgIpc) is 2.48. The summed E-state index contributed by atoms with van der Waals surface area (Å²) in [6.45, 7) is 3.81. The van der Waals surface area contributed by atoms with Crippen molar-refractivity contribution >= 4 is 0 Å². The third-order valence-electron chi connectivity index (χ3n) is 3.24. The molecule has 4 nitrogen and oxygen atoms in total. The monoisotopic (exact) mass is 282 g/mol. The summed E-state index contributed by atoms with van der Waals surface area (Å²) in [4.78, 5) is 0. The van der Waals surface area contributed by atoms with Gasteiger partial charge in [-0.1, -0.05) is 12.1 Å². The van der Waals surface area contributed by atoms with E-state index in [0.717, 1.165) is 11.1 Å². The Bertz CT molecular complexity index is 688. The molecule has 2 aromatic rings. The second-order valence-corrected chi connectivity index (χ2v) is 4.85. The molecule has 108 valence electrons. The van der Waals surface area contributed by atoms with E-state index in [1.807, 2.05) is 38.1 Å². The predicted molar refractivity (Wildman–Crippen MR) is 81.6 cm³/mol. The Balaban J connectivity index is 2.47. The van der Waals surface area contributed by atoms with E-state index >= 15 is 0 Å². The van der Waals surface area contributed by atoms with Crippen LogP contribution in [0, 0.1) is 18.3 Å². The molecule has 0 saturated carbocycles. The Labute approximate surface area is 124 Å². The number of benzene rings is 2. The summed E-state index contributed by atoms with van der Waals surface area (Å²) in [6.07, 6.45) is 0. The molecule has 1 atom stereocenters. The fourth-order valence-electron chi connectivity index (χ4n) is 2.14. The van der Waals surface area contributed by atoms with Gasteiger partial charge in [0.1, 0.15) is 17.2 Å². The van der Waals surface area contributed by atoms with Gasteiger partial charge in [-0.25, -0.2) is 0 Å². The number of nitriles is 1. The van der Waals surface area contributed by atoms with Crippen molar-refractivity contribution in [2.75, 3.05) is 7.11 Å². The van der Waals surface area contributed by atoms with Gasteiger partial charge in [-0.2, -0.15) is 5.26 Å². The number of rotatable bonds is 4. The van der Waals surface area contributed by atoms with Crippen LogP contribution >= 0.6 is 0 Å². The van der Waals surface area contributed by atoms with Crippen molar-refractivity contribution < 1.29 is 9.47 Å². The first-order valence-corrected chi connectivity index (χ1v) is 6.68. The summed E-state index contributed by atoms with van der Waals surface area (Å²) in [5, 5.41) is 9.00. The van der Waals surface area contributed by atoms with Crippen LogP contribution in [0.5, 0.6) is 17.2 Å². The van der Waals surface area contributed by atoms with Crippen molar-refractivity contribution in [2.45, 2.75) is 19.9 Å². The van der Waals surface area contributed by atoms with Crippen LogP contribution in [-0.2, 0) is 0 Å². The van der Waals surface area contributed by atoms with Crippen LogP contribution in [0.25, 0.3) is 0 Å². The number of hydrogen-bond donors (Lipinski definition) is 1. The molecule has 0 aliphatic heterocycles. The van der Waals surface area contributed by atoms with Crippen LogP contribution in [0.3, 0.4) is 0 Å². The van der Waals surface area contributed by atoms with E-state index in [-0.39, 0.29) is 6.04 Å². The summed E-state index contributed by atoms with van der Waals surface area (Å²) in [5.41, 5.74) is 8.34. The van der Waals surface area contributed by atoms with Gasteiger partial charge in [0.2, 0.25) is 0 Å². The molecular weight excluding hydrogens is 264 g/mol. The molecule has 2 aromatic carbocycles. The topological polar surface area (TPSA) is 68.3 Å². The van der Waals surface area contributed by atoms with E-state index in [1.165, 1.54) is 0 Å². The zero-order valence-electron chi connectivity index (χ0n) is 12.4. The Hall–Kier alpha value is -2.51.